The standard InChI is InChI=1S/C13H22N2O3/c16-10-11-3-5-15(6-4-11)9-13(17)14-8-12-2-1-7-18-12/h10-12H,1-9H2,(H,14,17). The van der Waals surface area contributed by atoms with E-state index >= 15 is 0 Å². The Morgan fingerprint density at radius 1 is 1.33 bits per heavy atom. The number of rotatable bonds is 5. The van der Waals surface area contributed by atoms with Gasteiger partial charge in [0.15, 0.2) is 0 Å². The van der Waals surface area contributed by atoms with Crippen LogP contribution in [0.1, 0.15) is 25.7 Å². The van der Waals surface area contributed by atoms with Gasteiger partial charge in [0.05, 0.1) is 12.6 Å². The third-order valence-corrected chi connectivity index (χ3v) is 3.74. The molecule has 2 heterocycles. The minimum atomic E-state index is 0.0649. The van der Waals surface area contributed by atoms with E-state index in [0.717, 1.165) is 51.7 Å². The van der Waals surface area contributed by atoms with Crippen molar-refractivity contribution in [3.05, 3.63) is 0 Å². The number of ether oxygens (including phenoxy) is 1. The van der Waals surface area contributed by atoms with Crippen molar-refractivity contribution in [2.75, 3.05) is 32.8 Å². The summed E-state index contributed by atoms with van der Waals surface area (Å²) in [4.78, 5) is 24.5. The molecule has 0 aliphatic carbocycles. The van der Waals surface area contributed by atoms with Crippen molar-refractivity contribution in [2.45, 2.75) is 31.8 Å². The first-order valence-corrected chi connectivity index (χ1v) is 6.84. The molecule has 1 N–H and O–H groups in total. The number of hydrogen-bond acceptors (Lipinski definition) is 4. The maximum atomic E-state index is 11.7. The Bertz CT molecular complexity index is 282. The maximum absolute atomic E-state index is 11.7. The lowest BCUT2D eigenvalue weighted by Crippen LogP contribution is -2.43. The average molecular weight is 254 g/mol. The van der Waals surface area contributed by atoms with Crippen LogP contribution in [-0.4, -0.2) is 56.0 Å². The summed E-state index contributed by atoms with van der Waals surface area (Å²) in [5.74, 6) is 0.256. The Morgan fingerprint density at radius 3 is 2.72 bits per heavy atom. The van der Waals surface area contributed by atoms with Crippen LogP contribution in [0, 0.1) is 5.92 Å². The second-order valence-corrected chi connectivity index (χ2v) is 5.19. The SMILES string of the molecule is O=CC1CCN(CC(=O)NCC2CCCO2)CC1. The van der Waals surface area contributed by atoms with Gasteiger partial charge in [-0.05, 0) is 38.8 Å². The number of likely N-dealkylation sites (tertiary alicyclic amines) is 1. The van der Waals surface area contributed by atoms with Crippen LogP contribution >= 0.6 is 0 Å². The molecule has 5 heteroatoms. The summed E-state index contributed by atoms with van der Waals surface area (Å²) < 4.78 is 5.45. The molecule has 0 bridgehead atoms. The van der Waals surface area contributed by atoms with Gasteiger partial charge < -0.3 is 14.8 Å². The number of nitrogens with one attached hydrogen (secondary N) is 1. The van der Waals surface area contributed by atoms with Crippen LogP contribution in [0.2, 0.25) is 0 Å². The molecule has 2 aliphatic rings. The number of aldehydes is 1. The molecule has 1 amide bonds. The van der Waals surface area contributed by atoms with E-state index in [1.807, 2.05) is 0 Å². The highest BCUT2D eigenvalue weighted by Gasteiger charge is 2.21. The number of hydrogen-bond donors (Lipinski definition) is 1. The van der Waals surface area contributed by atoms with E-state index in [9.17, 15) is 9.59 Å². The molecular formula is C13H22N2O3. The molecule has 2 saturated heterocycles. The van der Waals surface area contributed by atoms with Crippen molar-refractivity contribution in [2.24, 2.45) is 5.92 Å². The maximum Gasteiger partial charge on any atom is 0.234 e. The number of carbonyl (C=O) groups excluding carboxylic acids is 2. The highest BCUT2D eigenvalue weighted by Crippen LogP contribution is 2.14. The van der Waals surface area contributed by atoms with Crippen molar-refractivity contribution in [1.29, 1.82) is 0 Å². The fraction of sp³-hybridized carbons (Fsp3) is 0.846. The molecule has 102 valence electrons. The predicted octanol–water partition coefficient (Wildman–Crippen LogP) is 0.193. The second-order valence-electron chi connectivity index (χ2n) is 5.19. The molecule has 0 saturated carbocycles. The van der Waals surface area contributed by atoms with Crippen molar-refractivity contribution in [1.82, 2.24) is 10.2 Å². The smallest absolute Gasteiger partial charge is 0.234 e. The second kappa shape index (κ2) is 6.85. The van der Waals surface area contributed by atoms with E-state index in [0.29, 0.717) is 13.1 Å². The van der Waals surface area contributed by atoms with Crippen molar-refractivity contribution in [3.63, 3.8) is 0 Å². The first kappa shape index (κ1) is 13.5. The van der Waals surface area contributed by atoms with Gasteiger partial charge >= 0.3 is 0 Å². The van der Waals surface area contributed by atoms with E-state index in [1.54, 1.807) is 0 Å². The quantitative estimate of drug-likeness (QED) is 0.712. The van der Waals surface area contributed by atoms with E-state index in [-0.39, 0.29) is 17.9 Å². The fourth-order valence-electron chi connectivity index (χ4n) is 2.54. The van der Waals surface area contributed by atoms with Gasteiger partial charge in [0.1, 0.15) is 6.29 Å². The summed E-state index contributed by atoms with van der Waals surface area (Å²) in [6.07, 6.45) is 5.14. The lowest BCUT2D eigenvalue weighted by atomic mass is 9.99. The number of nitrogens with zero attached hydrogens (tertiary/aromatic N) is 1. The van der Waals surface area contributed by atoms with Crippen LogP contribution in [0.25, 0.3) is 0 Å². The molecule has 1 unspecified atom stereocenters. The van der Waals surface area contributed by atoms with Crippen LogP contribution in [0.15, 0.2) is 0 Å². The summed E-state index contributed by atoms with van der Waals surface area (Å²) in [7, 11) is 0. The zero-order valence-corrected chi connectivity index (χ0v) is 10.8. The lowest BCUT2D eigenvalue weighted by Gasteiger charge is -2.28. The summed E-state index contributed by atoms with van der Waals surface area (Å²) in [6, 6.07) is 0. The van der Waals surface area contributed by atoms with Gasteiger partial charge in [-0.2, -0.15) is 0 Å². The normalized spacial score (nSPS) is 26.1. The molecule has 18 heavy (non-hydrogen) atoms. The molecule has 2 aliphatic heterocycles. The van der Waals surface area contributed by atoms with E-state index < -0.39 is 0 Å². The van der Waals surface area contributed by atoms with Crippen molar-refractivity contribution in [3.8, 4) is 0 Å². The summed E-state index contributed by atoms with van der Waals surface area (Å²) in [5, 5.41) is 2.92. The van der Waals surface area contributed by atoms with Gasteiger partial charge in [0, 0.05) is 19.1 Å². The van der Waals surface area contributed by atoms with Crippen LogP contribution in [0.4, 0.5) is 0 Å². The van der Waals surface area contributed by atoms with Crippen LogP contribution in [0.5, 0.6) is 0 Å². The van der Waals surface area contributed by atoms with Gasteiger partial charge in [-0.15, -0.1) is 0 Å². The Kier molecular flexibility index (Phi) is 5.13. The number of carbonyl (C=O) groups is 2. The topological polar surface area (TPSA) is 58.6 Å². The zero-order chi connectivity index (χ0) is 12.8. The molecule has 1 atom stereocenters. The van der Waals surface area contributed by atoms with E-state index in [2.05, 4.69) is 10.2 Å². The van der Waals surface area contributed by atoms with Gasteiger partial charge in [-0.1, -0.05) is 0 Å². The predicted molar refractivity (Wildman–Crippen MR) is 67.2 cm³/mol. The Balaban J connectivity index is 1.60. The van der Waals surface area contributed by atoms with Crippen LogP contribution in [0.3, 0.4) is 0 Å². The monoisotopic (exact) mass is 254 g/mol. The van der Waals surface area contributed by atoms with Gasteiger partial charge in [0.25, 0.3) is 0 Å². The number of piperidine rings is 1. The molecule has 0 radical (unpaired) electrons. The fourth-order valence-corrected chi connectivity index (χ4v) is 2.54. The largest absolute Gasteiger partial charge is 0.376 e. The Hall–Kier alpha value is -0.940. The van der Waals surface area contributed by atoms with Crippen molar-refractivity contribution < 1.29 is 14.3 Å². The molecular weight excluding hydrogens is 232 g/mol. The molecule has 0 aromatic heterocycles. The molecule has 0 aromatic rings. The van der Waals surface area contributed by atoms with E-state index in [1.165, 1.54) is 0 Å². The van der Waals surface area contributed by atoms with E-state index in [4.69, 9.17) is 4.74 Å². The summed E-state index contributed by atoms with van der Waals surface area (Å²) >= 11 is 0. The van der Waals surface area contributed by atoms with Crippen LogP contribution in [-0.2, 0) is 14.3 Å². The third-order valence-electron chi connectivity index (χ3n) is 3.74. The zero-order valence-electron chi connectivity index (χ0n) is 10.8. The average Bonchev–Trinajstić information content (AvgIpc) is 2.90. The third kappa shape index (κ3) is 4.07. The molecule has 0 spiro atoms. The van der Waals surface area contributed by atoms with Crippen LogP contribution < -0.4 is 5.32 Å². The molecule has 0 aromatic carbocycles. The Labute approximate surface area is 108 Å². The Morgan fingerprint density at radius 2 is 2.11 bits per heavy atom. The number of amides is 1. The van der Waals surface area contributed by atoms with Gasteiger partial charge in [0.2, 0.25) is 5.91 Å². The lowest BCUT2D eigenvalue weighted by molar-refractivity contribution is -0.123. The highest BCUT2D eigenvalue weighted by molar-refractivity contribution is 5.78. The summed E-state index contributed by atoms with van der Waals surface area (Å²) in [6.45, 7) is 3.58. The minimum Gasteiger partial charge on any atom is -0.376 e. The highest BCUT2D eigenvalue weighted by atomic mass is 16.5. The minimum absolute atomic E-state index is 0.0649. The molecule has 2 fully saturated rings. The van der Waals surface area contributed by atoms with Crippen molar-refractivity contribution >= 4 is 12.2 Å². The summed E-state index contributed by atoms with van der Waals surface area (Å²) in [5.41, 5.74) is 0. The first-order chi connectivity index (χ1) is 8.78. The first-order valence-electron chi connectivity index (χ1n) is 6.84. The van der Waals surface area contributed by atoms with Gasteiger partial charge in [-0.25, -0.2) is 0 Å². The van der Waals surface area contributed by atoms with Gasteiger partial charge in [-0.3, -0.25) is 9.69 Å². The molecule has 2 rings (SSSR count). The molecule has 5 nitrogen and oxygen atoms in total.